The molecule has 0 atom stereocenters. The summed E-state index contributed by atoms with van der Waals surface area (Å²) in [7, 11) is 0. The Balaban J connectivity index is 1.59. The molecule has 31 heavy (non-hydrogen) atoms. The number of halogens is 1. The number of nitrogen functional groups attached to an aromatic ring is 1. The molecule has 0 unspecified atom stereocenters. The predicted octanol–water partition coefficient (Wildman–Crippen LogP) is 5.90. The number of H-pyrrole nitrogens is 1. The van der Waals surface area contributed by atoms with E-state index >= 15 is 0 Å². The summed E-state index contributed by atoms with van der Waals surface area (Å²) in [6.45, 7) is 0. The number of nitrogens with two attached hydrogens (primary N) is 1. The van der Waals surface area contributed by atoms with Crippen LogP contribution in [0.25, 0.3) is 49.1 Å². The minimum atomic E-state index is 0.652. The molecule has 0 amide bonds. The molecular weight excluding hydrogens is 428 g/mol. The van der Waals surface area contributed by atoms with Crippen molar-refractivity contribution in [3.63, 3.8) is 0 Å². The summed E-state index contributed by atoms with van der Waals surface area (Å²) in [5.74, 6) is 0.652. The van der Waals surface area contributed by atoms with Crippen LogP contribution >= 0.6 is 22.9 Å². The topological polar surface area (TPSA) is 84.9 Å². The van der Waals surface area contributed by atoms with Crippen LogP contribution in [-0.2, 0) is 0 Å². The summed E-state index contributed by atoms with van der Waals surface area (Å²) in [6.07, 6.45) is 0. The monoisotopic (exact) mass is 442 g/mol. The lowest BCUT2D eigenvalue weighted by Gasteiger charge is -2.03. The maximum atomic E-state index is 6.32. The van der Waals surface area contributed by atoms with E-state index in [1.807, 2.05) is 60.7 Å². The van der Waals surface area contributed by atoms with Gasteiger partial charge in [-0.2, -0.15) is 9.61 Å². The van der Waals surface area contributed by atoms with Crippen LogP contribution in [0.2, 0.25) is 5.02 Å². The molecule has 0 saturated heterocycles. The molecule has 0 fully saturated rings. The van der Waals surface area contributed by atoms with Crippen LogP contribution in [-0.4, -0.2) is 24.8 Å². The smallest absolute Gasteiger partial charge is 0.235 e. The number of aromatic nitrogens is 5. The van der Waals surface area contributed by atoms with Crippen molar-refractivity contribution in [2.24, 2.45) is 0 Å². The highest BCUT2D eigenvalue weighted by Crippen LogP contribution is 2.39. The minimum absolute atomic E-state index is 0.652. The first-order valence-electron chi connectivity index (χ1n) is 9.62. The van der Waals surface area contributed by atoms with Gasteiger partial charge in [-0.1, -0.05) is 53.3 Å². The number of anilines is 1. The van der Waals surface area contributed by atoms with E-state index in [0.717, 1.165) is 48.9 Å². The average molecular weight is 443 g/mol. The molecule has 3 aromatic carbocycles. The molecule has 6 aromatic rings. The molecular formula is C23H15ClN6S. The van der Waals surface area contributed by atoms with Crippen LogP contribution in [0, 0.1) is 0 Å². The van der Waals surface area contributed by atoms with Crippen molar-refractivity contribution in [1.29, 1.82) is 0 Å². The molecule has 0 saturated carbocycles. The van der Waals surface area contributed by atoms with Gasteiger partial charge < -0.3 is 10.7 Å². The van der Waals surface area contributed by atoms with E-state index in [4.69, 9.17) is 22.4 Å². The molecule has 6 rings (SSSR count). The fourth-order valence-corrected chi connectivity index (χ4v) is 4.77. The van der Waals surface area contributed by atoms with Gasteiger partial charge in [-0.05, 0) is 48.0 Å². The number of fused-ring (bicyclic) bond motifs is 2. The Morgan fingerprint density at radius 1 is 0.903 bits per heavy atom. The van der Waals surface area contributed by atoms with Crippen LogP contribution in [0.1, 0.15) is 0 Å². The van der Waals surface area contributed by atoms with Gasteiger partial charge in [0.05, 0.1) is 5.69 Å². The van der Waals surface area contributed by atoms with E-state index in [0.29, 0.717) is 10.8 Å². The molecule has 3 aromatic heterocycles. The summed E-state index contributed by atoms with van der Waals surface area (Å²) in [5, 5.41) is 16.2. The van der Waals surface area contributed by atoms with Gasteiger partial charge in [0, 0.05) is 32.7 Å². The van der Waals surface area contributed by atoms with E-state index < -0.39 is 0 Å². The van der Waals surface area contributed by atoms with Gasteiger partial charge in [0.1, 0.15) is 5.01 Å². The van der Waals surface area contributed by atoms with Crippen molar-refractivity contribution >= 4 is 44.5 Å². The zero-order chi connectivity index (χ0) is 20.9. The molecule has 3 heterocycles. The predicted molar refractivity (Wildman–Crippen MR) is 126 cm³/mol. The van der Waals surface area contributed by atoms with Crippen molar-refractivity contribution in [3.8, 4) is 33.2 Å². The third-order valence-electron chi connectivity index (χ3n) is 5.20. The maximum Gasteiger partial charge on any atom is 0.235 e. The molecule has 150 valence electrons. The van der Waals surface area contributed by atoms with E-state index in [9.17, 15) is 0 Å². The number of nitrogens with one attached hydrogen (secondary N) is 1. The van der Waals surface area contributed by atoms with Gasteiger partial charge in [0.25, 0.3) is 0 Å². The second-order valence-electron chi connectivity index (χ2n) is 7.18. The van der Waals surface area contributed by atoms with Crippen molar-refractivity contribution in [3.05, 3.63) is 77.8 Å². The highest BCUT2D eigenvalue weighted by atomic mass is 35.5. The minimum Gasteiger partial charge on any atom is -0.399 e. The van der Waals surface area contributed by atoms with Crippen molar-refractivity contribution in [2.45, 2.75) is 0 Å². The second kappa shape index (κ2) is 6.94. The molecule has 3 N–H and O–H groups in total. The Kier molecular flexibility index (Phi) is 4.05. The van der Waals surface area contributed by atoms with Gasteiger partial charge >= 0.3 is 0 Å². The SMILES string of the molecule is Nc1ccc(-c2nn3c(-c4[nH]c5ccc(Cl)cc5c4-c4ccccc4)nnc3s2)cc1. The van der Waals surface area contributed by atoms with Gasteiger partial charge in [0.2, 0.25) is 10.8 Å². The first-order valence-corrected chi connectivity index (χ1v) is 10.8. The van der Waals surface area contributed by atoms with Crippen LogP contribution in [0.5, 0.6) is 0 Å². The van der Waals surface area contributed by atoms with Crippen molar-refractivity contribution < 1.29 is 0 Å². The van der Waals surface area contributed by atoms with Crippen LogP contribution < -0.4 is 5.73 Å². The quantitative estimate of drug-likeness (QED) is 0.334. The lowest BCUT2D eigenvalue weighted by molar-refractivity contribution is 0.965. The second-order valence-corrected chi connectivity index (χ2v) is 8.57. The molecule has 0 aliphatic heterocycles. The summed E-state index contributed by atoms with van der Waals surface area (Å²) >= 11 is 7.81. The fourth-order valence-electron chi connectivity index (χ4n) is 3.75. The van der Waals surface area contributed by atoms with Crippen molar-refractivity contribution in [2.75, 3.05) is 5.73 Å². The average Bonchev–Trinajstić information content (AvgIpc) is 3.47. The Morgan fingerprint density at radius 2 is 1.71 bits per heavy atom. The number of hydrogen-bond donors (Lipinski definition) is 2. The van der Waals surface area contributed by atoms with Gasteiger partial charge in [0.15, 0.2) is 0 Å². The lowest BCUT2D eigenvalue weighted by Crippen LogP contribution is -1.93. The van der Waals surface area contributed by atoms with Gasteiger partial charge in [-0.15, -0.1) is 10.2 Å². The molecule has 8 heteroatoms. The van der Waals surface area contributed by atoms with Crippen LogP contribution in [0.3, 0.4) is 0 Å². The largest absolute Gasteiger partial charge is 0.399 e. The zero-order valence-corrected chi connectivity index (χ0v) is 17.7. The molecule has 0 radical (unpaired) electrons. The van der Waals surface area contributed by atoms with Crippen LogP contribution in [0.4, 0.5) is 5.69 Å². The fraction of sp³-hybridized carbons (Fsp3) is 0. The third kappa shape index (κ3) is 2.98. The highest BCUT2D eigenvalue weighted by Gasteiger charge is 2.22. The Labute approximate surface area is 185 Å². The normalized spacial score (nSPS) is 11.5. The first kappa shape index (κ1) is 18.1. The number of rotatable bonds is 3. The molecule has 0 aliphatic carbocycles. The highest BCUT2D eigenvalue weighted by molar-refractivity contribution is 7.19. The third-order valence-corrected chi connectivity index (χ3v) is 6.38. The van der Waals surface area contributed by atoms with Gasteiger partial charge in [-0.3, -0.25) is 0 Å². The Bertz CT molecular complexity index is 1550. The number of benzene rings is 3. The number of nitrogens with zero attached hydrogens (tertiary/aromatic N) is 4. The Hall–Kier alpha value is -3.68. The summed E-state index contributed by atoms with van der Waals surface area (Å²) in [4.78, 5) is 4.23. The summed E-state index contributed by atoms with van der Waals surface area (Å²) in [5.41, 5.74) is 11.4. The molecule has 0 aliphatic rings. The van der Waals surface area contributed by atoms with E-state index in [1.165, 1.54) is 11.3 Å². The maximum absolute atomic E-state index is 6.32. The van der Waals surface area contributed by atoms with E-state index in [2.05, 4.69) is 27.3 Å². The van der Waals surface area contributed by atoms with Crippen molar-refractivity contribution in [1.82, 2.24) is 24.8 Å². The first-order chi connectivity index (χ1) is 15.2. The number of aromatic amines is 1. The summed E-state index contributed by atoms with van der Waals surface area (Å²) in [6, 6.07) is 23.7. The summed E-state index contributed by atoms with van der Waals surface area (Å²) < 4.78 is 1.79. The molecule has 0 bridgehead atoms. The lowest BCUT2D eigenvalue weighted by atomic mass is 10.0. The van der Waals surface area contributed by atoms with Crippen LogP contribution in [0.15, 0.2) is 72.8 Å². The van der Waals surface area contributed by atoms with Gasteiger partial charge in [-0.25, -0.2) is 0 Å². The standard InChI is InChI=1S/C23H15ClN6S/c24-15-8-11-18-17(12-15)19(13-4-2-1-3-5-13)20(26-18)21-27-28-23-30(21)29-22(31-23)14-6-9-16(25)10-7-14/h1-12,26H,25H2. The van der Waals surface area contributed by atoms with E-state index in [1.54, 1.807) is 4.52 Å². The zero-order valence-electron chi connectivity index (χ0n) is 16.1. The molecule has 0 spiro atoms. The van der Waals surface area contributed by atoms with E-state index in [-0.39, 0.29) is 0 Å². The molecule has 6 nitrogen and oxygen atoms in total. The Morgan fingerprint density at radius 3 is 2.52 bits per heavy atom. The number of hydrogen-bond acceptors (Lipinski definition) is 5.